The van der Waals surface area contributed by atoms with Gasteiger partial charge in [0.25, 0.3) is 0 Å². The molecule has 3 rings (SSSR count). The van der Waals surface area contributed by atoms with Crippen molar-refractivity contribution in [3.63, 3.8) is 0 Å². The van der Waals surface area contributed by atoms with E-state index in [0.29, 0.717) is 5.02 Å². The first-order valence-corrected chi connectivity index (χ1v) is 7.73. The van der Waals surface area contributed by atoms with Crippen LogP contribution in [-0.2, 0) is 5.33 Å². The predicted octanol–water partition coefficient (Wildman–Crippen LogP) is 5.09. The number of alkyl halides is 1. The Labute approximate surface area is 131 Å². The molecule has 1 aromatic heterocycles. The second kappa shape index (κ2) is 5.81. The first-order valence-electron chi connectivity index (χ1n) is 6.23. The summed E-state index contributed by atoms with van der Waals surface area (Å²) in [6.07, 6.45) is 3.89. The predicted molar refractivity (Wildman–Crippen MR) is 86.6 cm³/mol. The van der Waals surface area contributed by atoms with Gasteiger partial charge in [-0.15, -0.1) is 0 Å². The van der Waals surface area contributed by atoms with Gasteiger partial charge < -0.3 is 0 Å². The summed E-state index contributed by atoms with van der Waals surface area (Å²) in [4.78, 5) is 0. The van der Waals surface area contributed by atoms with E-state index in [4.69, 9.17) is 11.6 Å². The molecule has 0 amide bonds. The number of halogens is 2. The zero-order valence-electron chi connectivity index (χ0n) is 10.6. The van der Waals surface area contributed by atoms with Gasteiger partial charge in [-0.05, 0) is 23.3 Å². The van der Waals surface area contributed by atoms with Crippen molar-refractivity contribution in [1.29, 1.82) is 0 Å². The topological polar surface area (TPSA) is 17.8 Å². The van der Waals surface area contributed by atoms with Crippen molar-refractivity contribution in [3.05, 3.63) is 71.5 Å². The van der Waals surface area contributed by atoms with Gasteiger partial charge in [0, 0.05) is 22.1 Å². The lowest BCUT2D eigenvalue weighted by Gasteiger charge is -2.07. The van der Waals surface area contributed by atoms with E-state index in [9.17, 15) is 0 Å². The van der Waals surface area contributed by atoms with Gasteiger partial charge in [-0.25, -0.2) is 4.68 Å². The first-order chi connectivity index (χ1) is 9.78. The zero-order valence-corrected chi connectivity index (χ0v) is 13.0. The monoisotopic (exact) mass is 346 g/mol. The molecule has 1 heterocycles. The number of rotatable bonds is 3. The zero-order chi connectivity index (χ0) is 13.9. The van der Waals surface area contributed by atoms with Crippen LogP contribution in [0.2, 0.25) is 5.02 Å². The Morgan fingerprint density at radius 3 is 2.60 bits per heavy atom. The molecule has 100 valence electrons. The Morgan fingerprint density at radius 2 is 1.85 bits per heavy atom. The molecule has 0 bridgehead atoms. The smallest absolute Gasteiger partial charge is 0.0701 e. The van der Waals surface area contributed by atoms with E-state index < -0.39 is 0 Å². The molecule has 0 saturated carbocycles. The molecule has 0 aliphatic rings. The van der Waals surface area contributed by atoms with Crippen LogP contribution in [0.1, 0.15) is 5.56 Å². The number of benzene rings is 2. The van der Waals surface area contributed by atoms with E-state index in [1.165, 1.54) is 0 Å². The highest BCUT2D eigenvalue weighted by Crippen LogP contribution is 2.24. The van der Waals surface area contributed by atoms with Crippen LogP contribution in [0.5, 0.6) is 0 Å². The summed E-state index contributed by atoms with van der Waals surface area (Å²) >= 11 is 9.59. The molecule has 0 atom stereocenters. The van der Waals surface area contributed by atoms with Gasteiger partial charge in [-0.3, -0.25) is 0 Å². The van der Waals surface area contributed by atoms with Crippen LogP contribution in [0.25, 0.3) is 16.8 Å². The van der Waals surface area contributed by atoms with Crippen LogP contribution in [0.3, 0.4) is 0 Å². The average Bonchev–Trinajstić information content (AvgIpc) is 2.98. The third-order valence-corrected chi connectivity index (χ3v) is 3.97. The molecular weight excluding hydrogens is 336 g/mol. The van der Waals surface area contributed by atoms with Crippen LogP contribution in [0, 0.1) is 0 Å². The van der Waals surface area contributed by atoms with E-state index in [1.807, 2.05) is 53.5 Å². The Hall–Kier alpha value is -1.58. The molecule has 2 nitrogen and oxygen atoms in total. The van der Waals surface area contributed by atoms with Gasteiger partial charge in [-0.2, -0.15) is 5.10 Å². The summed E-state index contributed by atoms with van der Waals surface area (Å²) in [7, 11) is 0. The van der Waals surface area contributed by atoms with Gasteiger partial charge in [0.2, 0.25) is 0 Å². The minimum Gasteiger partial charge on any atom is -0.240 e. The van der Waals surface area contributed by atoms with Crippen molar-refractivity contribution >= 4 is 27.5 Å². The average molecular weight is 348 g/mol. The maximum Gasteiger partial charge on any atom is 0.0701 e. The van der Waals surface area contributed by atoms with Crippen molar-refractivity contribution in [3.8, 4) is 16.8 Å². The summed E-state index contributed by atoms with van der Waals surface area (Å²) in [5, 5.41) is 5.92. The van der Waals surface area contributed by atoms with Crippen LogP contribution in [0.15, 0.2) is 60.9 Å². The molecule has 0 saturated heterocycles. The third kappa shape index (κ3) is 2.65. The SMILES string of the molecule is Clc1ccc(CBr)c(-n2cc(-c3ccccc3)cn2)c1. The minimum atomic E-state index is 0.710. The van der Waals surface area contributed by atoms with Crippen molar-refractivity contribution in [2.24, 2.45) is 0 Å². The lowest BCUT2D eigenvalue weighted by atomic mass is 10.1. The molecule has 2 aromatic carbocycles. The molecule has 20 heavy (non-hydrogen) atoms. The fourth-order valence-corrected chi connectivity index (χ4v) is 2.74. The largest absolute Gasteiger partial charge is 0.240 e. The van der Waals surface area contributed by atoms with Gasteiger partial charge in [-0.1, -0.05) is 63.9 Å². The van der Waals surface area contributed by atoms with Crippen LogP contribution in [-0.4, -0.2) is 9.78 Å². The van der Waals surface area contributed by atoms with Crippen LogP contribution >= 0.6 is 27.5 Å². The van der Waals surface area contributed by atoms with Crippen molar-refractivity contribution in [2.45, 2.75) is 5.33 Å². The highest BCUT2D eigenvalue weighted by Gasteiger charge is 2.07. The third-order valence-electron chi connectivity index (χ3n) is 3.13. The fraction of sp³-hybridized carbons (Fsp3) is 0.0625. The van der Waals surface area contributed by atoms with Gasteiger partial charge in [0.15, 0.2) is 0 Å². The molecule has 0 aliphatic carbocycles. The molecule has 0 N–H and O–H groups in total. The molecule has 0 fully saturated rings. The molecular formula is C16H12BrClN2. The Bertz CT molecular complexity index is 722. The number of nitrogens with zero attached hydrogens (tertiary/aromatic N) is 2. The molecule has 3 aromatic rings. The van der Waals surface area contributed by atoms with Gasteiger partial charge >= 0.3 is 0 Å². The van der Waals surface area contributed by atoms with Crippen molar-refractivity contribution in [2.75, 3.05) is 0 Å². The Balaban J connectivity index is 2.04. The Kier molecular flexibility index (Phi) is 3.90. The second-order valence-electron chi connectivity index (χ2n) is 4.45. The fourth-order valence-electron chi connectivity index (χ4n) is 2.10. The van der Waals surface area contributed by atoms with E-state index >= 15 is 0 Å². The quantitative estimate of drug-likeness (QED) is 0.604. The van der Waals surface area contributed by atoms with E-state index in [1.54, 1.807) is 0 Å². The summed E-state index contributed by atoms with van der Waals surface area (Å²) < 4.78 is 1.87. The number of hydrogen-bond acceptors (Lipinski definition) is 1. The molecule has 4 heteroatoms. The normalized spacial score (nSPS) is 10.7. The van der Waals surface area contributed by atoms with Crippen LogP contribution < -0.4 is 0 Å². The minimum absolute atomic E-state index is 0.710. The lowest BCUT2D eigenvalue weighted by Crippen LogP contribution is -1.98. The summed E-state index contributed by atoms with van der Waals surface area (Å²) in [5.74, 6) is 0. The maximum absolute atomic E-state index is 6.09. The van der Waals surface area contributed by atoms with E-state index in [-0.39, 0.29) is 0 Å². The second-order valence-corrected chi connectivity index (χ2v) is 5.44. The van der Waals surface area contributed by atoms with Crippen molar-refractivity contribution in [1.82, 2.24) is 9.78 Å². The molecule has 0 aliphatic heterocycles. The highest BCUT2D eigenvalue weighted by molar-refractivity contribution is 9.08. The van der Waals surface area contributed by atoms with Gasteiger partial charge in [0.1, 0.15) is 0 Å². The maximum atomic E-state index is 6.09. The van der Waals surface area contributed by atoms with Gasteiger partial charge in [0.05, 0.1) is 11.9 Å². The number of aromatic nitrogens is 2. The van der Waals surface area contributed by atoms with E-state index in [0.717, 1.165) is 27.7 Å². The van der Waals surface area contributed by atoms with Crippen LogP contribution in [0.4, 0.5) is 0 Å². The Morgan fingerprint density at radius 1 is 1.05 bits per heavy atom. The molecule has 0 spiro atoms. The summed E-state index contributed by atoms with van der Waals surface area (Å²) in [6, 6.07) is 16.0. The summed E-state index contributed by atoms with van der Waals surface area (Å²) in [6.45, 7) is 0. The van der Waals surface area contributed by atoms with Crippen molar-refractivity contribution < 1.29 is 0 Å². The molecule has 0 radical (unpaired) electrons. The standard InChI is InChI=1S/C16H12BrClN2/c17-9-13-6-7-15(18)8-16(13)20-11-14(10-19-20)12-4-2-1-3-5-12/h1-8,10-11H,9H2. The highest BCUT2D eigenvalue weighted by atomic mass is 79.9. The lowest BCUT2D eigenvalue weighted by molar-refractivity contribution is 0.872. The van der Waals surface area contributed by atoms with E-state index in [2.05, 4.69) is 33.2 Å². The number of hydrogen-bond donors (Lipinski definition) is 0. The first kappa shape index (κ1) is 13.4. The molecule has 0 unspecified atom stereocenters. The summed E-state index contributed by atoms with van der Waals surface area (Å²) in [5.41, 5.74) is 4.39.